The van der Waals surface area contributed by atoms with Gasteiger partial charge in [-0.3, -0.25) is 4.79 Å². The first kappa shape index (κ1) is 27.4. The molecule has 4 rings (SSSR count). The molecular formula is C29H30Cl2FNO4. The summed E-state index contributed by atoms with van der Waals surface area (Å²) in [5.74, 6) is -1.85. The van der Waals surface area contributed by atoms with E-state index in [1.807, 2.05) is 44.2 Å². The van der Waals surface area contributed by atoms with Crippen LogP contribution in [0.15, 0.2) is 71.8 Å². The molecule has 5 nitrogen and oxygen atoms in total. The van der Waals surface area contributed by atoms with Crippen LogP contribution in [0, 0.1) is 11.2 Å². The molecule has 0 aromatic heterocycles. The van der Waals surface area contributed by atoms with Crippen LogP contribution in [0.3, 0.4) is 0 Å². The van der Waals surface area contributed by atoms with E-state index in [1.54, 1.807) is 24.3 Å². The van der Waals surface area contributed by atoms with Crippen LogP contribution in [0.4, 0.5) is 4.39 Å². The molecule has 2 aliphatic rings. The Labute approximate surface area is 226 Å². The second-order valence-corrected chi connectivity index (χ2v) is 10.8. The van der Waals surface area contributed by atoms with Crippen molar-refractivity contribution < 1.29 is 23.8 Å². The lowest BCUT2D eigenvalue weighted by Gasteiger charge is -2.52. The maximum atomic E-state index is 14.0. The van der Waals surface area contributed by atoms with Gasteiger partial charge in [-0.15, -0.1) is 0 Å². The van der Waals surface area contributed by atoms with E-state index in [0.717, 1.165) is 11.1 Å². The molecule has 8 heteroatoms. The Kier molecular flexibility index (Phi) is 8.42. The average Bonchev–Trinajstić information content (AvgIpc) is 2.87. The molecule has 0 saturated carbocycles. The fourth-order valence-electron chi connectivity index (χ4n) is 5.18. The number of hydrogen-bond donors (Lipinski definition) is 1. The van der Waals surface area contributed by atoms with Crippen molar-refractivity contribution in [3.8, 4) is 0 Å². The maximum absolute atomic E-state index is 14.0. The summed E-state index contributed by atoms with van der Waals surface area (Å²) in [7, 11) is 0. The van der Waals surface area contributed by atoms with Crippen molar-refractivity contribution in [1.29, 1.82) is 0 Å². The van der Waals surface area contributed by atoms with E-state index >= 15 is 0 Å². The van der Waals surface area contributed by atoms with Gasteiger partial charge >= 0.3 is 5.97 Å². The van der Waals surface area contributed by atoms with Crippen LogP contribution >= 0.6 is 23.2 Å². The first-order valence-electron chi connectivity index (χ1n) is 12.4. The molecule has 0 radical (unpaired) electrons. The highest BCUT2D eigenvalue weighted by Crippen LogP contribution is 2.47. The monoisotopic (exact) mass is 545 g/mol. The molecule has 196 valence electrons. The van der Waals surface area contributed by atoms with Gasteiger partial charge < -0.3 is 14.7 Å². The number of amides is 1. The van der Waals surface area contributed by atoms with Gasteiger partial charge in [0.2, 0.25) is 0 Å². The van der Waals surface area contributed by atoms with E-state index in [-0.39, 0.29) is 12.2 Å². The molecule has 1 amide bonds. The predicted molar refractivity (Wildman–Crippen MR) is 142 cm³/mol. The van der Waals surface area contributed by atoms with E-state index < -0.39 is 41.6 Å². The number of carboxylic acid groups (broad SMARTS) is 1. The number of hydrogen-bond acceptors (Lipinski definition) is 3. The zero-order valence-electron chi connectivity index (χ0n) is 20.7. The minimum absolute atomic E-state index is 0.189. The Bertz CT molecular complexity index is 1200. The minimum atomic E-state index is -1.07. The number of benzene rings is 2. The van der Waals surface area contributed by atoms with Crippen molar-refractivity contribution in [3.63, 3.8) is 0 Å². The molecule has 37 heavy (non-hydrogen) atoms. The van der Waals surface area contributed by atoms with Gasteiger partial charge in [-0.2, -0.15) is 0 Å². The van der Waals surface area contributed by atoms with Crippen LogP contribution in [0.5, 0.6) is 0 Å². The van der Waals surface area contributed by atoms with Gasteiger partial charge in [-0.25, -0.2) is 9.18 Å². The van der Waals surface area contributed by atoms with E-state index in [2.05, 4.69) is 0 Å². The third-order valence-electron chi connectivity index (χ3n) is 7.17. The third-order valence-corrected chi connectivity index (χ3v) is 7.70. The average molecular weight is 546 g/mol. The Morgan fingerprint density at radius 2 is 1.86 bits per heavy atom. The van der Waals surface area contributed by atoms with Crippen molar-refractivity contribution in [2.45, 2.75) is 63.8 Å². The Hall–Kier alpha value is -2.67. The van der Waals surface area contributed by atoms with Gasteiger partial charge in [-0.05, 0) is 54.3 Å². The predicted octanol–water partition coefficient (Wildman–Crippen LogP) is 6.70. The number of ether oxygens (including phenoxy) is 1. The zero-order chi connectivity index (χ0) is 26.7. The Morgan fingerprint density at radius 1 is 1.19 bits per heavy atom. The quantitative estimate of drug-likeness (QED) is 0.400. The summed E-state index contributed by atoms with van der Waals surface area (Å²) >= 11 is 12.4. The summed E-state index contributed by atoms with van der Waals surface area (Å²) < 4.78 is 20.1. The maximum Gasteiger partial charge on any atom is 0.326 e. The van der Waals surface area contributed by atoms with E-state index in [0.29, 0.717) is 29.3 Å². The fourth-order valence-corrected chi connectivity index (χ4v) is 5.44. The molecular weight excluding hydrogens is 516 g/mol. The molecule has 0 spiro atoms. The number of carboxylic acids is 1. The van der Waals surface area contributed by atoms with Crippen LogP contribution in [-0.4, -0.2) is 40.1 Å². The Morgan fingerprint density at radius 3 is 2.43 bits per heavy atom. The van der Waals surface area contributed by atoms with Crippen LogP contribution < -0.4 is 0 Å². The van der Waals surface area contributed by atoms with Crippen molar-refractivity contribution in [3.05, 3.63) is 93.8 Å². The van der Waals surface area contributed by atoms with Crippen LogP contribution in [0.2, 0.25) is 5.02 Å². The molecule has 1 unspecified atom stereocenters. The number of carbonyl (C=O) groups excluding carboxylic acids is 1. The second-order valence-electron chi connectivity index (χ2n) is 9.89. The number of morpholine rings is 1. The van der Waals surface area contributed by atoms with E-state index in [9.17, 15) is 19.1 Å². The third kappa shape index (κ3) is 5.92. The number of nitrogens with zero attached hydrogens (tertiary/aromatic N) is 1. The van der Waals surface area contributed by atoms with Crippen LogP contribution in [-0.2, 0) is 20.7 Å². The largest absolute Gasteiger partial charge is 0.480 e. The summed E-state index contributed by atoms with van der Waals surface area (Å²) in [4.78, 5) is 28.1. The molecule has 1 saturated heterocycles. The molecule has 2 aromatic carbocycles. The van der Waals surface area contributed by atoms with Crippen molar-refractivity contribution in [1.82, 2.24) is 4.90 Å². The lowest BCUT2D eigenvalue weighted by atomic mass is 9.72. The number of aliphatic carboxylic acids is 1. The highest BCUT2D eigenvalue weighted by atomic mass is 35.5. The SMILES string of the molecule is CCC[C@H](C(=O)O)N1C(=O)[C@H](Cc2ccc(F)cc2)O[C@@H](C2(C)C=CC(Cl)=CC2)[C@H]1c1ccc(Cl)cc1. The van der Waals surface area contributed by atoms with Gasteiger partial charge in [0.15, 0.2) is 0 Å². The second kappa shape index (κ2) is 11.4. The minimum Gasteiger partial charge on any atom is -0.480 e. The Balaban J connectivity index is 1.85. The van der Waals surface area contributed by atoms with Crippen LogP contribution in [0.1, 0.15) is 50.3 Å². The number of allylic oxidation sites excluding steroid dienone is 3. The zero-order valence-corrected chi connectivity index (χ0v) is 22.3. The van der Waals surface area contributed by atoms with Crippen molar-refractivity contribution >= 4 is 35.1 Å². The topological polar surface area (TPSA) is 66.8 Å². The molecule has 2 aromatic rings. The normalized spacial score (nSPS) is 26.6. The molecule has 1 heterocycles. The summed E-state index contributed by atoms with van der Waals surface area (Å²) in [5, 5.41) is 11.4. The molecule has 1 aliphatic heterocycles. The fraction of sp³-hybridized carbons (Fsp3) is 0.379. The number of halogens is 3. The number of rotatable bonds is 8. The van der Waals surface area contributed by atoms with Gasteiger partial charge in [-0.1, -0.05) is 79.9 Å². The lowest BCUT2D eigenvalue weighted by Crippen LogP contribution is -2.62. The lowest BCUT2D eigenvalue weighted by molar-refractivity contribution is -0.194. The smallest absolute Gasteiger partial charge is 0.326 e. The van der Waals surface area contributed by atoms with Crippen molar-refractivity contribution in [2.75, 3.05) is 0 Å². The molecule has 5 atom stereocenters. The summed E-state index contributed by atoms with van der Waals surface area (Å²) in [5.41, 5.74) is 0.872. The summed E-state index contributed by atoms with van der Waals surface area (Å²) in [6, 6.07) is 11.3. The summed E-state index contributed by atoms with van der Waals surface area (Å²) in [6.07, 6.45) is 5.77. The highest BCUT2D eigenvalue weighted by Gasteiger charge is 2.52. The summed E-state index contributed by atoms with van der Waals surface area (Å²) in [6.45, 7) is 3.92. The molecule has 1 fully saturated rings. The van der Waals surface area contributed by atoms with E-state index in [1.165, 1.54) is 17.0 Å². The van der Waals surface area contributed by atoms with Gasteiger partial charge in [0.1, 0.15) is 18.0 Å². The first-order valence-corrected chi connectivity index (χ1v) is 13.1. The van der Waals surface area contributed by atoms with Crippen LogP contribution in [0.25, 0.3) is 0 Å². The number of carbonyl (C=O) groups is 2. The first-order chi connectivity index (χ1) is 17.6. The van der Waals surface area contributed by atoms with Gasteiger partial charge in [0.05, 0.1) is 12.1 Å². The standard InChI is InChI=1S/C29H30Cl2FNO4/c1-3-4-23(28(35)36)33-25(19-7-9-20(30)10-8-19)26(29(2)15-13-21(31)14-16-29)37-24(27(33)34)17-18-5-11-22(32)12-6-18/h5-15,23-26H,3-4,16-17H2,1-2H3,(H,35,36)/t23-,24+,25-,26-,29?/m1/s1. The molecule has 1 aliphatic carbocycles. The van der Waals surface area contributed by atoms with Crippen molar-refractivity contribution in [2.24, 2.45) is 5.41 Å². The van der Waals surface area contributed by atoms with Gasteiger partial charge in [0, 0.05) is 21.9 Å². The molecule has 1 N–H and O–H groups in total. The van der Waals surface area contributed by atoms with E-state index in [4.69, 9.17) is 27.9 Å². The highest BCUT2D eigenvalue weighted by molar-refractivity contribution is 6.31. The van der Waals surface area contributed by atoms with Gasteiger partial charge in [0.25, 0.3) is 5.91 Å². The molecule has 0 bridgehead atoms.